The summed E-state index contributed by atoms with van der Waals surface area (Å²) in [6.45, 7) is 0. The first-order valence-electron chi connectivity index (χ1n) is 20.5. The minimum atomic E-state index is 1.11. The summed E-state index contributed by atoms with van der Waals surface area (Å²) in [4.78, 5) is 0. The summed E-state index contributed by atoms with van der Waals surface area (Å²) < 4.78 is 9.87. The van der Waals surface area contributed by atoms with Crippen LogP contribution >= 0.6 is 11.3 Å². The highest BCUT2D eigenvalue weighted by Crippen LogP contribution is 2.39. The van der Waals surface area contributed by atoms with Crippen molar-refractivity contribution in [3.63, 3.8) is 0 Å². The van der Waals surface area contributed by atoms with Crippen LogP contribution in [-0.4, -0.2) is 13.7 Å². The van der Waals surface area contributed by atoms with E-state index >= 15 is 0 Å². The molecule has 280 valence electrons. The molecule has 0 saturated carbocycles. The van der Waals surface area contributed by atoms with Crippen molar-refractivity contribution in [1.82, 2.24) is 13.7 Å². The maximum Gasteiger partial charge on any atom is 0.0542 e. The number of hydrogen-bond acceptors (Lipinski definition) is 1. The van der Waals surface area contributed by atoms with Gasteiger partial charge in [-0.1, -0.05) is 115 Å². The molecule has 3 aromatic heterocycles. The Labute approximate surface area is 349 Å². The van der Waals surface area contributed by atoms with Gasteiger partial charge in [-0.05, 0) is 119 Å². The van der Waals surface area contributed by atoms with Crippen LogP contribution in [0.25, 0.3) is 113 Å². The molecular formula is C56H35N3S. The van der Waals surface area contributed by atoms with E-state index in [1.807, 2.05) is 11.3 Å². The van der Waals surface area contributed by atoms with Crippen LogP contribution in [0.1, 0.15) is 0 Å². The van der Waals surface area contributed by atoms with E-state index in [4.69, 9.17) is 0 Å². The molecule has 0 unspecified atom stereocenters. The molecule has 3 heterocycles. The minimum absolute atomic E-state index is 1.11. The van der Waals surface area contributed by atoms with Crippen molar-refractivity contribution in [3.05, 3.63) is 212 Å². The highest BCUT2D eigenvalue weighted by Gasteiger charge is 2.16. The van der Waals surface area contributed by atoms with Crippen molar-refractivity contribution in [2.45, 2.75) is 0 Å². The fraction of sp³-hybridized carbons (Fsp3) is 0. The van der Waals surface area contributed by atoms with Crippen LogP contribution < -0.4 is 0 Å². The van der Waals surface area contributed by atoms with Crippen LogP contribution in [0.2, 0.25) is 0 Å². The highest BCUT2D eigenvalue weighted by molar-refractivity contribution is 7.25. The van der Waals surface area contributed by atoms with Gasteiger partial charge in [0.25, 0.3) is 0 Å². The summed E-state index contributed by atoms with van der Waals surface area (Å²) in [6.07, 6.45) is 0. The van der Waals surface area contributed by atoms with Gasteiger partial charge in [-0.25, -0.2) is 0 Å². The largest absolute Gasteiger partial charge is 0.310 e. The molecule has 0 amide bonds. The monoisotopic (exact) mass is 781 g/mol. The number of thiophene rings is 1. The second kappa shape index (κ2) is 12.9. The lowest BCUT2D eigenvalue weighted by Crippen LogP contribution is -1.99. The molecule has 8 bridgehead atoms. The number of rotatable bonds is 3. The van der Waals surface area contributed by atoms with Crippen LogP contribution in [0.15, 0.2) is 212 Å². The fourth-order valence-electron chi connectivity index (χ4n) is 9.72. The molecule has 0 spiro atoms. The molecule has 0 aliphatic rings. The molecule has 60 heavy (non-hydrogen) atoms. The predicted octanol–water partition coefficient (Wildman–Crippen LogP) is 15.6. The zero-order valence-electron chi connectivity index (χ0n) is 32.5. The normalized spacial score (nSPS) is 12.0. The SMILES string of the molecule is c1ccc2c(-n3c4cccc(c4)c4cccc(c4)n(-c4ccc5c(c4)c4ccccc4n5-c4cccc5ccccc45)c4ccc5sc6ccc3cc6c5c4)cccc2c1. The maximum atomic E-state index is 2.44. The van der Waals surface area contributed by atoms with Gasteiger partial charge in [0, 0.05) is 69.5 Å². The van der Waals surface area contributed by atoms with E-state index in [9.17, 15) is 0 Å². The van der Waals surface area contributed by atoms with Crippen molar-refractivity contribution < 1.29 is 0 Å². The minimum Gasteiger partial charge on any atom is -0.310 e. The fourth-order valence-corrected chi connectivity index (χ4v) is 10.8. The quantitative estimate of drug-likeness (QED) is 0.170. The van der Waals surface area contributed by atoms with Gasteiger partial charge >= 0.3 is 0 Å². The lowest BCUT2D eigenvalue weighted by atomic mass is 10.1. The summed E-state index contributed by atoms with van der Waals surface area (Å²) >= 11 is 1.86. The Hall–Kier alpha value is -7.66. The molecule has 0 atom stereocenters. The van der Waals surface area contributed by atoms with Gasteiger partial charge in [-0.15, -0.1) is 11.3 Å². The molecule has 0 N–H and O–H groups in total. The van der Waals surface area contributed by atoms with Crippen molar-refractivity contribution in [2.24, 2.45) is 0 Å². The number of para-hydroxylation sites is 1. The van der Waals surface area contributed by atoms with Gasteiger partial charge < -0.3 is 13.7 Å². The standard InChI is InChI=1S/C56H35N3S/c1-3-19-45-36(11-1)13-9-23-51(45)58-41-18-8-16-39(32-41)38-15-7-17-40(31-38)57(43-26-29-55-49(34-43)50-35-44(58)27-30-56(50)60-55)42-25-28-54-48(33-42)47-21-5-6-22-53(47)59(54)52-24-10-14-37-12-2-4-20-46(37)52/h1-35H. The first kappa shape index (κ1) is 33.3. The van der Waals surface area contributed by atoms with Crippen molar-refractivity contribution in [3.8, 4) is 17.1 Å². The molecule has 10 aromatic carbocycles. The van der Waals surface area contributed by atoms with Crippen molar-refractivity contribution in [2.75, 3.05) is 0 Å². The average Bonchev–Trinajstić information content (AvgIpc) is 3.84. The zero-order valence-corrected chi connectivity index (χ0v) is 33.3. The highest BCUT2D eigenvalue weighted by atomic mass is 32.1. The first-order valence-corrected chi connectivity index (χ1v) is 21.3. The van der Waals surface area contributed by atoms with E-state index < -0.39 is 0 Å². The average molecular weight is 782 g/mol. The van der Waals surface area contributed by atoms with Crippen LogP contribution in [-0.2, 0) is 0 Å². The lowest BCUT2D eigenvalue weighted by Gasteiger charge is -2.15. The summed E-state index contributed by atoms with van der Waals surface area (Å²) in [5, 5.41) is 12.2. The van der Waals surface area contributed by atoms with Crippen molar-refractivity contribution >= 4 is 108 Å². The summed E-state index contributed by atoms with van der Waals surface area (Å²) in [5.74, 6) is 0. The van der Waals surface area contributed by atoms with Crippen LogP contribution in [0.4, 0.5) is 0 Å². The van der Waals surface area contributed by atoms with Crippen LogP contribution in [0.3, 0.4) is 0 Å². The smallest absolute Gasteiger partial charge is 0.0542 e. The van der Waals surface area contributed by atoms with E-state index in [1.54, 1.807) is 0 Å². The van der Waals surface area contributed by atoms with Gasteiger partial charge in [0.15, 0.2) is 0 Å². The first-order chi connectivity index (χ1) is 29.7. The van der Waals surface area contributed by atoms with E-state index in [-0.39, 0.29) is 0 Å². The van der Waals surface area contributed by atoms with E-state index in [0.717, 1.165) is 44.2 Å². The molecule has 13 aromatic rings. The van der Waals surface area contributed by atoms with Gasteiger partial charge in [0.05, 0.1) is 22.4 Å². The third kappa shape index (κ3) is 5.01. The van der Waals surface area contributed by atoms with Gasteiger partial charge in [-0.2, -0.15) is 0 Å². The second-order valence-corrected chi connectivity index (χ2v) is 16.9. The Balaban J connectivity index is 1.14. The Kier molecular flexibility index (Phi) is 7.18. The molecule has 0 aliphatic carbocycles. The lowest BCUT2D eigenvalue weighted by molar-refractivity contribution is 1.16. The number of nitrogens with zero attached hydrogens (tertiary/aromatic N) is 3. The number of hydrogen-bond donors (Lipinski definition) is 0. The Morgan fingerprint density at radius 2 is 0.750 bits per heavy atom. The summed E-state index contributed by atoms with van der Waals surface area (Å²) in [5.41, 5.74) is 10.3. The van der Waals surface area contributed by atoms with Gasteiger partial charge in [0.1, 0.15) is 0 Å². The third-order valence-corrected chi connectivity index (χ3v) is 13.6. The molecule has 0 saturated heterocycles. The molecule has 0 aliphatic heterocycles. The van der Waals surface area contributed by atoms with E-state index in [0.29, 0.717) is 0 Å². The molecule has 3 nitrogen and oxygen atoms in total. The van der Waals surface area contributed by atoms with Gasteiger partial charge in [0.2, 0.25) is 0 Å². The summed E-state index contributed by atoms with van der Waals surface area (Å²) in [6, 6.07) is 78.5. The molecular weight excluding hydrogens is 747 g/mol. The maximum absolute atomic E-state index is 2.44. The van der Waals surface area contributed by atoms with Crippen LogP contribution in [0, 0.1) is 0 Å². The predicted molar refractivity (Wildman–Crippen MR) is 257 cm³/mol. The summed E-state index contributed by atoms with van der Waals surface area (Å²) in [7, 11) is 0. The van der Waals surface area contributed by atoms with E-state index in [1.165, 1.54) is 69.2 Å². The second-order valence-electron chi connectivity index (χ2n) is 15.8. The van der Waals surface area contributed by atoms with Crippen LogP contribution in [0.5, 0.6) is 0 Å². The molecule has 4 heteroatoms. The number of benzene rings is 10. The Morgan fingerprint density at radius 3 is 1.42 bits per heavy atom. The van der Waals surface area contributed by atoms with E-state index in [2.05, 4.69) is 226 Å². The third-order valence-electron chi connectivity index (χ3n) is 12.4. The molecule has 13 rings (SSSR count). The molecule has 0 radical (unpaired) electrons. The Bertz CT molecular complexity index is 3960. The number of aromatic nitrogens is 3. The number of fused-ring (bicyclic) bond motifs is 12. The van der Waals surface area contributed by atoms with Crippen molar-refractivity contribution in [1.29, 1.82) is 0 Å². The topological polar surface area (TPSA) is 14.8 Å². The van der Waals surface area contributed by atoms with Gasteiger partial charge in [-0.3, -0.25) is 0 Å². The zero-order chi connectivity index (χ0) is 39.3. The Morgan fingerprint density at radius 1 is 0.267 bits per heavy atom. The molecule has 0 fully saturated rings.